The van der Waals surface area contributed by atoms with Gasteiger partial charge in [-0.05, 0) is 59.7 Å². The van der Waals surface area contributed by atoms with Gasteiger partial charge < -0.3 is 10.4 Å². The van der Waals surface area contributed by atoms with Crippen molar-refractivity contribution in [2.24, 2.45) is 0 Å². The van der Waals surface area contributed by atoms with Gasteiger partial charge in [0.25, 0.3) is 0 Å². The van der Waals surface area contributed by atoms with Gasteiger partial charge in [0.1, 0.15) is 23.1 Å². The highest BCUT2D eigenvalue weighted by molar-refractivity contribution is 5.81. The van der Waals surface area contributed by atoms with Crippen molar-refractivity contribution >= 4 is 5.82 Å². The van der Waals surface area contributed by atoms with Crippen LogP contribution in [0, 0.1) is 11.6 Å². The number of pyridine rings is 1. The Morgan fingerprint density at radius 3 is 2.30 bits per heavy atom. The number of hydrogen-bond acceptors (Lipinski definition) is 4. The van der Waals surface area contributed by atoms with Gasteiger partial charge in [0.05, 0.1) is 13.2 Å². The normalized spacial score (nSPS) is 10.9. The summed E-state index contributed by atoms with van der Waals surface area (Å²) in [4.78, 5) is 4.35. The highest BCUT2D eigenvalue weighted by Crippen LogP contribution is 2.32. The number of anilines is 1. The molecule has 5 nitrogen and oxygen atoms in total. The minimum Gasteiger partial charge on any atom is -0.394 e. The Balaban J connectivity index is 1.63. The molecule has 0 unspecified atom stereocenters. The van der Waals surface area contributed by atoms with Crippen molar-refractivity contribution in [3.63, 3.8) is 0 Å². The first kappa shape index (κ1) is 19.7. The molecule has 30 heavy (non-hydrogen) atoms. The fraction of sp³-hybridized carbons (Fsp3) is 0.130. The zero-order valence-electron chi connectivity index (χ0n) is 16.1. The van der Waals surface area contributed by atoms with Crippen LogP contribution in [0.5, 0.6) is 0 Å². The molecule has 2 N–H and O–H groups in total. The lowest BCUT2D eigenvalue weighted by Gasteiger charge is -2.08. The van der Waals surface area contributed by atoms with Gasteiger partial charge in [-0.2, -0.15) is 5.10 Å². The van der Waals surface area contributed by atoms with E-state index in [0.29, 0.717) is 24.6 Å². The van der Waals surface area contributed by atoms with Crippen molar-refractivity contribution in [2.45, 2.75) is 13.1 Å². The number of benzene rings is 2. The molecule has 0 aliphatic rings. The van der Waals surface area contributed by atoms with E-state index in [-0.39, 0.29) is 18.2 Å². The first-order valence-corrected chi connectivity index (χ1v) is 9.51. The molecule has 7 heteroatoms. The molecule has 0 radical (unpaired) electrons. The van der Waals surface area contributed by atoms with Gasteiger partial charge in [0, 0.05) is 30.1 Å². The number of aliphatic hydroxyl groups excluding tert-OH is 1. The Morgan fingerprint density at radius 1 is 0.900 bits per heavy atom. The number of aliphatic hydroxyl groups is 1. The Bertz CT molecular complexity index is 1120. The van der Waals surface area contributed by atoms with Gasteiger partial charge in [-0.15, -0.1) is 0 Å². The molecule has 2 aromatic carbocycles. The highest BCUT2D eigenvalue weighted by atomic mass is 19.1. The van der Waals surface area contributed by atoms with Crippen LogP contribution in [0.3, 0.4) is 0 Å². The Kier molecular flexibility index (Phi) is 5.81. The number of nitrogens with one attached hydrogen (secondary N) is 1. The van der Waals surface area contributed by atoms with E-state index in [1.807, 2.05) is 18.3 Å². The van der Waals surface area contributed by atoms with E-state index < -0.39 is 0 Å². The van der Waals surface area contributed by atoms with Crippen LogP contribution in [-0.2, 0) is 13.1 Å². The second-order valence-electron chi connectivity index (χ2n) is 6.79. The number of halogens is 2. The maximum absolute atomic E-state index is 13.4. The van der Waals surface area contributed by atoms with Crippen LogP contribution in [0.2, 0.25) is 0 Å². The van der Waals surface area contributed by atoms with E-state index in [1.54, 1.807) is 35.1 Å². The summed E-state index contributed by atoms with van der Waals surface area (Å²) in [5.74, 6) is 0.0788. The Hall–Kier alpha value is -3.58. The summed E-state index contributed by atoms with van der Waals surface area (Å²) >= 11 is 0. The molecule has 0 spiro atoms. The van der Waals surface area contributed by atoms with Crippen LogP contribution < -0.4 is 5.32 Å². The maximum atomic E-state index is 13.4. The Morgan fingerprint density at radius 2 is 1.60 bits per heavy atom. The number of nitrogens with zero attached hydrogens (tertiary/aromatic N) is 3. The summed E-state index contributed by atoms with van der Waals surface area (Å²) < 4.78 is 28.1. The number of hydrogen-bond donors (Lipinski definition) is 2. The van der Waals surface area contributed by atoms with Crippen LogP contribution in [0.4, 0.5) is 14.6 Å². The minimum atomic E-state index is -0.314. The number of rotatable bonds is 7. The van der Waals surface area contributed by atoms with Crippen LogP contribution >= 0.6 is 0 Å². The van der Waals surface area contributed by atoms with Crippen molar-refractivity contribution in [3.8, 4) is 22.4 Å². The highest BCUT2D eigenvalue weighted by Gasteiger charge is 2.14. The summed E-state index contributed by atoms with van der Waals surface area (Å²) in [5, 5.41) is 17.1. The van der Waals surface area contributed by atoms with E-state index in [2.05, 4.69) is 15.4 Å². The van der Waals surface area contributed by atoms with Gasteiger partial charge in [0.15, 0.2) is 0 Å². The molecule has 0 saturated heterocycles. The molecule has 0 atom stereocenters. The van der Waals surface area contributed by atoms with E-state index >= 15 is 0 Å². The summed E-state index contributed by atoms with van der Waals surface area (Å²) in [7, 11) is 0. The second-order valence-corrected chi connectivity index (χ2v) is 6.79. The fourth-order valence-electron chi connectivity index (χ4n) is 3.16. The lowest BCUT2D eigenvalue weighted by molar-refractivity contribution is 0.269. The van der Waals surface area contributed by atoms with E-state index in [0.717, 1.165) is 22.3 Å². The van der Waals surface area contributed by atoms with Crippen molar-refractivity contribution in [3.05, 3.63) is 90.3 Å². The van der Waals surface area contributed by atoms with Gasteiger partial charge in [-0.3, -0.25) is 4.68 Å². The third kappa shape index (κ3) is 4.52. The van der Waals surface area contributed by atoms with Crippen molar-refractivity contribution in [1.82, 2.24) is 14.8 Å². The number of aromatic nitrogens is 3. The average molecular weight is 406 g/mol. The minimum absolute atomic E-state index is 0.0369. The van der Waals surface area contributed by atoms with E-state index in [4.69, 9.17) is 0 Å². The van der Waals surface area contributed by atoms with Crippen molar-refractivity contribution < 1.29 is 13.9 Å². The molecule has 0 bridgehead atoms. The fourth-order valence-corrected chi connectivity index (χ4v) is 3.16. The molecule has 0 fully saturated rings. The maximum Gasteiger partial charge on any atom is 0.126 e. The van der Waals surface area contributed by atoms with Crippen molar-refractivity contribution in [2.75, 3.05) is 11.9 Å². The lowest BCUT2D eigenvalue weighted by atomic mass is 10.0. The Labute approximate surface area is 172 Å². The first-order chi connectivity index (χ1) is 14.6. The van der Waals surface area contributed by atoms with Gasteiger partial charge in [-0.1, -0.05) is 12.1 Å². The predicted octanol–water partition coefficient (Wildman–Crippen LogP) is 4.49. The largest absolute Gasteiger partial charge is 0.394 e. The molecule has 152 valence electrons. The summed E-state index contributed by atoms with van der Waals surface area (Å²) in [5.41, 5.74) is 4.14. The SMILES string of the molecule is OCCn1cc(-c2ccnc(NCc3ccc(F)cc3)c2)c(-c2ccc(F)cc2)n1. The summed E-state index contributed by atoms with van der Waals surface area (Å²) in [6.45, 7) is 0.824. The molecule has 2 heterocycles. The third-order valence-corrected chi connectivity index (χ3v) is 4.67. The van der Waals surface area contributed by atoms with E-state index in [1.165, 1.54) is 24.3 Å². The first-order valence-electron chi connectivity index (χ1n) is 9.51. The molecule has 4 aromatic rings. The predicted molar refractivity (Wildman–Crippen MR) is 112 cm³/mol. The molecule has 0 aliphatic heterocycles. The van der Waals surface area contributed by atoms with Crippen LogP contribution in [0.1, 0.15) is 5.56 Å². The molecule has 0 aliphatic carbocycles. The van der Waals surface area contributed by atoms with Gasteiger partial charge in [0.2, 0.25) is 0 Å². The quantitative estimate of drug-likeness (QED) is 0.475. The van der Waals surface area contributed by atoms with Gasteiger partial charge >= 0.3 is 0 Å². The molecule has 0 amide bonds. The third-order valence-electron chi connectivity index (χ3n) is 4.67. The monoisotopic (exact) mass is 406 g/mol. The summed E-state index contributed by atoms with van der Waals surface area (Å²) in [6, 6.07) is 16.2. The molecule has 2 aromatic heterocycles. The average Bonchev–Trinajstić information content (AvgIpc) is 3.18. The lowest BCUT2D eigenvalue weighted by Crippen LogP contribution is -2.02. The zero-order valence-corrected chi connectivity index (χ0v) is 16.1. The molecule has 4 rings (SSSR count). The summed E-state index contributed by atoms with van der Waals surface area (Å²) in [6.07, 6.45) is 3.55. The topological polar surface area (TPSA) is 63.0 Å². The smallest absolute Gasteiger partial charge is 0.126 e. The molecular formula is C23H20F2N4O. The van der Waals surface area contributed by atoms with E-state index in [9.17, 15) is 13.9 Å². The van der Waals surface area contributed by atoms with Crippen LogP contribution in [0.15, 0.2) is 73.1 Å². The molecular weight excluding hydrogens is 386 g/mol. The zero-order chi connectivity index (χ0) is 20.9. The van der Waals surface area contributed by atoms with Crippen LogP contribution in [0.25, 0.3) is 22.4 Å². The van der Waals surface area contributed by atoms with Crippen LogP contribution in [-0.4, -0.2) is 26.5 Å². The van der Waals surface area contributed by atoms with Gasteiger partial charge in [-0.25, -0.2) is 13.8 Å². The molecule has 0 saturated carbocycles. The van der Waals surface area contributed by atoms with Crippen molar-refractivity contribution in [1.29, 1.82) is 0 Å². The standard InChI is InChI=1S/C23H20F2N4O/c24-19-5-1-16(2-6-19)14-27-22-13-18(9-10-26-22)21-15-29(11-12-30)28-23(21)17-3-7-20(25)8-4-17/h1-10,13,15,30H,11-12,14H2,(H,26,27). The second kappa shape index (κ2) is 8.84.